The molecule has 28 heavy (non-hydrogen) atoms. The zero-order chi connectivity index (χ0) is 19.6. The average Bonchev–Trinajstić information content (AvgIpc) is 2.77. The van der Waals surface area contributed by atoms with Gasteiger partial charge in [-0.2, -0.15) is 0 Å². The van der Waals surface area contributed by atoms with Gasteiger partial charge in [-0.25, -0.2) is 4.79 Å². The Balaban J connectivity index is 1.68. The molecule has 2 amide bonds. The number of carbonyl (C=O) groups is 2. The Hall–Kier alpha value is -3.86. The maximum absolute atomic E-state index is 12.3. The van der Waals surface area contributed by atoms with Crippen molar-refractivity contribution in [2.75, 3.05) is 0 Å². The van der Waals surface area contributed by atoms with Crippen LogP contribution >= 0.6 is 0 Å². The Bertz CT molecular complexity index is 939. The minimum Gasteiger partial charge on any atom is -0.444 e. The van der Waals surface area contributed by atoms with Crippen LogP contribution < -0.4 is 10.6 Å². The Morgan fingerprint density at radius 3 is 1.89 bits per heavy atom. The van der Waals surface area contributed by atoms with E-state index in [0.29, 0.717) is 11.3 Å². The molecule has 5 nitrogen and oxygen atoms in total. The van der Waals surface area contributed by atoms with Gasteiger partial charge in [0.2, 0.25) is 0 Å². The number of hydrogen-bond donors (Lipinski definition) is 2. The monoisotopic (exact) mass is 372 g/mol. The van der Waals surface area contributed by atoms with Crippen LogP contribution in [0.15, 0.2) is 97.2 Å². The fourth-order valence-corrected chi connectivity index (χ4v) is 2.49. The average molecular weight is 372 g/mol. The standard InChI is InChI=1S/C23H20N2O3/c26-22(20-14-8-3-9-15-20)24-16-21(19-12-6-2-7-13-19)25-23(27)28-17-18-10-4-1-5-11-18/h1-16H,17H2,(H,24,26)(H,25,27)/b21-16+. The number of amides is 2. The number of benzene rings is 3. The largest absolute Gasteiger partial charge is 0.444 e. The van der Waals surface area contributed by atoms with E-state index in [1.54, 1.807) is 24.3 Å². The maximum Gasteiger partial charge on any atom is 0.412 e. The highest BCUT2D eigenvalue weighted by Crippen LogP contribution is 2.11. The lowest BCUT2D eigenvalue weighted by Gasteiger charge is -2.11. The molecule has 0 saturated carbocycles. The van der Waals surface area contributed by atoms with Gasteiger partial charge in [-0.3, -0.25) is 10.1 Å². The minimum absolute atomic E-state index is 0.158. The van der Waals surface area contributed by atoms with E-state index >= 15 is 0 Å². The summed E-state index contributed by atoms with van der Waals surface area (Å²) in [4.78, 5) is 24.5. The molecule has 0 aliphatic heterocycles. The maximum atomic E-state index is 12.3. The summed E-state index contributed by atoms with van der Waals surface area (Å²) in [5.74, 6) is -0.270. The summed E-state index contributed by atoms with van der Waals surface area (Å²) in [6, 6.07) is 27.5. The zero-order valence-corrected chi connectivity index (χ0v) is 15.2. The van der Waals surface area contributed by atoms with E-state index in [1.165, 1.54) is 6.20 Å². The second kappa shape index (κ2) is 9.73. The second-order valence-electron chi connectivity index (χ2n) is 5.95. The molecule has 3 rings (SSSR count). The predicted molar refractivity (Wildman–Crippen MR) is 108 cm³/mol. The molecule has 3 aromatic rings. The van der Waals surface area contributed by atoms with Gasteiger partial charge in [0.05, 0.1) is 5.70 Å². The summed E-state index contributed by atoms with van der Waals surface area (Å²) in [5, 5.41) is 5.40. The molecule has 0 spiro atoms. The van der Waals surface area contributed by atoms with Gasteiger partial charge in [0.15, 0.2) is 0 Å². The molecule has 0 fully saturated rings. The topological polar surface area (TPSA) is 67.4 Å². The zero-order valence-electron chi connectivity index (χ0n) is 15.2. The van der Waals surface area contributed by atoms with E-state index in [0.717, 1.165) is 11.1 Å². The molecule has 0 bridgehead atoms. The second-order valence-corrected chi connectivity index (χ2v) is 5.95. The molecule has 0 aliphatic rings. The van der Waals surface area contributed by atoms with Crippen molar-refractivity contribution < 1.29 is 14.3 Å². The van der Waals surface area contributed by atoms with Crippen LogP contribution in [0.4, 0.5) is 4.79 Å². The Morgan fingerprint density at radius 1 is 0.750 bits per heavy atom. The van der Waals surface area contributed by atoms with E-state index in [4.69, 9.17) is 4.74 Å². The highest BCUT2D eigenvalue weighted by atomic mass is 16.5. The first-order valence-corrected chi connectivity index (χ1v) is 8.81. The van der Waals surface area contributed by atoms with E-state index in [-0.39, 0.29) is 12.5 Å². The Labute approximate surface area is 163 Å². The first-order valence-electron chi connectivity index (χ1n) is 8.81. The molecule has 2 N–H and O–H groups in total. The van der Waals surface area contributed by atoms with Gasteiger partial charge < -0.3 is 10.1 Å². The number of hydrogen-bond acceptors (Lipinski definition) is 3. The fourth-order valence-electron chi connectivity index (χ4n) is 2.49. The molecule has 0 aromatic heterocycles. The van der Waals surface area contributed by atoms with Crippen molar-refractivity contribution in [2.45, 2.75) is 6.61 Å². The third kappa shape index (κ3) is 5.57. The van der Waals surface area contributed by atoms with Crippen LogP contribution in [-0.4, -0.2) is 12.0 Å². The number of carbonyl (C=O) groups excluding carboxylic acids is 2. The summed E-state index contributed by atoms with van der Waals surface area (Å²) in [7, 11) is 0. The van der Waals surface area contributed by atoms with Crippen molar-refractivity contribution in [1.82, 2.24) is 10.6 Å². The fraction of sp³-hybridized carbons (Fsp3) is 0.0435. The lowest BCUT2D eigenvalue weighted by atomic mass is 10.1. The van der Waals surface area contributed by atoms with Crippen LogP contribution in [0.25, 0.3) is 5.70 Å². The SMILES string of the molecule is O=C(N/C(=C/NC(=O)c1ccccc1)c1ccccc1)OCc1ccccc1. The van der Waals surface area contributed by atoms with Crippen LogP contribution in [0.2, 0.25) is 0 Å². The number of rotatable bonds is 6. The van der Waals surface area contributed by atoms with E-state index in [1.807, 2.05) is 66.7 Å². The molecule has 0 aliphatic carbocycles. The molecule has 3 aromatic carbocycles. The lowest BCUT2D eigenvalue weighted by molar-refractivity contribution is 0.0969. The third-order valence-corrected chi connectivity index (χ3v) is 3.92. The highest BCUT2D eigenvalue weighted by molar-refractivity contribution is 5.95. The Morgan fingerprint density at radius 2 is 1.29 bits per heavy atom. The normalized spacial score (nSPS) is 10.8. The first kappa shape index (κ1) is 18.9. The van der Waals surface area contributed by atoms with Gasteiger partial charge in [-0.15, -0.1) is 0 Å². The van der Waals surface area contributed by atoms with E-state index < -0.39 is 6.09 Å². The number of alkyl carbamates (subject to hydrolysis) is 1. The van der Waals surface area contributed by atoms with E-state index in [2.05, 4.69) is 10.6 Å². The van der Waals surface area contributed by atoms with Crippen LogP contribution in [0, 0.1) is 0 Å². The molecule has 140 valence electrons. The Kier molecular flexibility index (Phi) is 6.57. The van der Waals surface area contributed by atoms with Crippen molar-refractivity contribution in [3.63, 3.8) is 0 Å². The number of ether oxygens (including phenoxy) is 1. The summed E-state index contributed by atoms with van der Waals surface area (Å²) >= 11 is 0. The molecular formula is C23H20N2O3. The summed E-state index contributed by atoms with van der Waals surface area (Å²) in [5.41, 5.74) is 2.59. The van der Waals surface area contributed by atoms with Crippen molar-refractivity contribution in [1.29, 1.82) is 0 Å². The quantitative estimate of drug-likeness (QED) is 0.676. The minimum atomic E-state index is -0.604. The van der Waals surface area contributed by atoms with Crippen LogP contribution in [-0.2, 0) is 11.3 Å². The van der Waals surface area contributed by atoms with Crippen LogP contribution in [0.1, 0.15) is 21.5 Å². The van der Waals surface area contributed by atoms with Crippen molar-refractivity contribution in [2.24, 2.45) is 0 Å². The van der Waals surface area contributed by atoms with Crippen LogP contribution in [0.5, 0.6) is 0 Å². The lowest BCUT2D eigenvalue weighted by Crippen LogP contribution is -2.26. The van der Waals surface area contributed by atoms with Gasteiger partial charge in [0.25, 0.3) is 5.91 Å². The van der Waals surface area contributed by atoms with E-state index in [9.17, 15) is 9.59 Å². The van der Waals surface area contributed by atoms with Crippen molar-refractivity contribution >= 4 is 17.7 Å². The molecule has 0 radical (unpaired) electrons. The molecule has 5 heteroatoms. The molecule has 0 heterocycles. The summed E-state index contributed by atoms with van der Waals surface area (Å²) in [6.07, 6.45) is 0.863. The molecular weight excluding hydrogens is 352 g/mol. The van der Waals surface area contributed by atoms with Gasteiger partial charge in [-0.1, -0.05) is 78.9 Å². The third-order valence-electron chi connectivity index (χ3n) is 3.92. The van der Waals surface area contributed by atoms with Gasteiger partial charge in [0, 0.05) is 11.8 Å². The molecule has 0 saturated heterocycles. The van der Waals surface area contributed by atoms with Crippen molar-refractivity contribution in [3.05, 3.63) is 114 Å². The molecule has 0 unspecified atom stereocenters. The van der Waals surface area contributed by atoms with Gasteiger partial charge in [-0.05, 0) is 23.3 Å². The van der Waals surface area contributed by atoms with Crippen molar-refractivity contribution in [3.8, 4) is 0 Å². The van der Waals surface area contributed by atoms with Gasteiger partial charge >= 0.3 is 6.09 Å². The first-order chi connectivity index (χ1) is 13.7. The predicted octanol–water partition coefficient (Wildman–Crippen LogP) is 4.34. The highest BCUT2D eigenvalue weighted by Gasteiger charge is 2.10. The summed E-state index contributed by atoms with van der Waals surface area (Å²) < 4.78 is 5.27. The van der Waals surface area contributed by atoms with Crippen LogP contribution in [0.3, 0.4) is 0 Å². The smallest absolute Gasteiger partial charge is 0.412 e. The molecule has 0 atom stereocenters. The number of nitrogens with one attached hydrogen (secondary N) is 2. The summed E-state index contributed by atoms with van der Waals surface area (Å²) in [6.45, 7) is 0.158. The van der Waals surface area contributed by atoms with Gasteiger partial charge in [0.1, 0.15) is 6.61 Å².